The first kappa shape index (κ1) is 16.0. The van der Waals surface area contributed by atoms with E-state index in [1.807, 2.05) is 45.3 Å². The molecule has 1 unspecified atom stereocenters. The summed E-state index contributed by atoms with van der Waals surface area (Å²) in [6.45, 7) is 2.94. The molecule has 0 aromatic heterocycles. The van der Waals surface area contributed by atoms with Crippen molar-refractivity contribution < 1.29 is 4.79 Å². The molecule has 1 rings (SSSR count). The Kier molecular flexibility index (Phi) is 6.89. The summed E-state index contributed by atoms with van der Waals surface area (Å²) in [5, 5.41) is 3.82. The van der Waals surface area contributed by atoms with Crippen LogP contribution in [0, 0.1) is 0 Å². The van der Waals surface area contributed by atoms with Crippen molar-refractivity contribution in [1.29, 1.82) is 0 Å². The maximum absolute atomic E-state index is 11.8. The van der Waals surface area contributed by atoms with Crippen molar-refractivity contribution in [3.63, 3.8) is 0 Å². The van der Waals surface area contributed by atoms with E-state index in [4.69, 9.17) is 11.6 Å². The molecule has 0 saturated heterocycles. The summed E-state index contributed by atoms with van der Waals surface area (Å²) in [6.07, 6.45) is 2.34. The van der Waals surface area contributed by atoms with E-state index >= 15 is 0 Å². The van der Waals surface area contributed by atoms with Crippen molar-refractivity contribution in [3.8, 4) is 0 Å². The summed E-state index contributed by atoms with van der Waals surface area (Å²) < 4.78 is 0. The van der Waals surface area contributed by atoms with Crippen molar-refractivity contribution in [2.45, 2.75) is 32.2 Å². The zero-order valence-electron chi connectivity index (χ0n) is 11.9. The van der Waals surface area contributed by atoms with Crippen LogP contribution in [0.4, 0.5) is 0 Å². The van der Waals surface area contributed by atoms with Gasteiger partial charge in [-0.25, -0.2) is 0 Å². The van der Waals surface area contributed by atoms with Crippen molar-refractivity contribution in [2.75, 3.05) is 20.6 Å². The first-order valence-corrected chi connectivity index (χ1v) is 7.10. The van der Waals surface area contributed by atoms with Crippen LogP contribution in [0.5, 0.6) is 0 Å². The van der Waals surface area contributed by atoms with Gasteiger partial charge in [0.25, 0.3) is 0 Å². The molecule has 1 atom stereocenters. The van der Waals surface area contributed by atoms with Gasteiger partial charge in [0.05, 0.1) is 6.04 Å². The molecule has 106 valence electrons. The average molecular weight is 283 g/mol. The van der Waals surface area contributed by atoms with Gasteiger partial charge in [-0.2, -0.15) is 0 Å². The summed E-state index contributed by atoms with van der Waals surface area (Å²) in [5.74, 6) is 0.112. The third-order valence-electron chi connectivity index (χ3n) is 2.95. The lowest BCUT2D eigenvalue weighted by molar-refractivity contribution is -0.121. The highest BCUT2D eigenvalue weighted by Crippen LogP contribution is 2.20. The quantitative estimate of drug-likeness (QED) is 0.833. The van der Waals surface area contributed by atoms with Gasteiger partial charge in [0.15, 0.2) is 0 Å². The Bertz CT molecular complexity index is 390. The normalized spacial score (nSPS) is 12.5. The van der Waals surface area contributed by atoms with E-state index in [2.05, 4.69) is 10.2 Å². The topological polar surface area (TPSA) is 32.3 Å². The molecular weight excluding hydrogens is 260 g/mol. The van der Waals surface area contributed by atoms with Crippen molar-refractivity contribution in [2.24, 2.45) is 0 Å². The number of carbonyl (C=O) groups is 1. The zero-order chi connectivity index (χ0) is 14.3. The predicted octanol–water partition coefficient (Wildman–Crippen LogP) is 3.25. The maximum Gasteiger partial charge on any atom is 0.220 e. The van der Waals surface area contributed by atoms with E-state index in [1.54, 1.807) is 0 Å². The molecule has 0 bridgehead atoms. The highest BCUT2D eigenvalue weighted by molar-refractivity contribution is 6.30. The lowest BCUT2D eigenvalue weighted by Gasteiger charge is -2.21. The lowest BCUT2D eigenvalue weighted by Crippen LogP contribution is -2.30. The number of nitrogens with one attached hydrogen (secondary N) is 1. The highest BCUT2D eigenvalue weighted by atomic mass is 35.5. The molecule has 0 saturated carbocycles. The van der Waals surface area contributed by atoms with Gasteiger partial charge in [-0.05, 0) is 51.2 Å². The largest absolute Gasteiger partial charge is 0.349 e. The smallest absolute Gasteiger partial charge is 0.220 e. The Morgan fingerprint density at radius 3 is 2.47 bits per heavy atom. The highest BCUT2D eigenvalue weighted by Gasteiger charge is 2.14. The Labute approximate surface area is 120 Å². The fourth-order valence-corrected chi connectivity index (χ4v) is 2.02. The monoisotopic (exact) mass is 282 g/mol. The maximum atomic E-state index is 11.8. The number of carbonyl (C=O) groups excluding carboxylic acids is 1. The van der Waals surface area contributed by atoms with Crippen molar-refractivity contribution >= 4 is 17.5 Å². The Morgan fingerprint density at radius 1 is 1.32 bits per heavy atom. The number of benzene rings is 1. The van der Waals surface area contributed by atoms with Crippen molar-refractivity contribution in [1.82, 2.24) is 10.2 Å². The summed E-state index contributed by atoms with van der Waals surface area (Å²) in [7, 11) is 4.07. The van der Waals surface area contributed by atoms with Crippen LogP contribution in [-0.2, 0) is 4.79 Å². The number of rotatable bonds is 7. The van der Waals surface area contributed by atoms with E-state index in [9.17, 15) is 4.79 Å². The standard InChI is InChI=1S/C15H23ClN2O/c1-4-5-15(19)17-14(10-11-18(2)3)12-6-8-13(16)9-7-12/h6-9,14H,4-5,10-11H2,1-3H3,(H,17,19). The molecule has 19 heavy (non-hydrogen) atoms. The minimum atomic E-state index is 0.0544. The summed E-state index contributed by atoms with van der Waals surface area (Å²) in [6, 6.07) is 7.75. The SMILES string of the molecule is CCCC(=O)NC(CCN(C)C)c1ccc(Cl)cc1. The molecule has 0 radical (unpaired) electrons. The minimum Gasteiger partial charge on any atom is -0.349 e. The van der Waals surface area contributed by atoms with Gasteiger partial charge in [-0.1, -0.05) is 30.7 Å². The predicted molar refractivity (Wildman–Crippen MR) is 80.4 cm³/mol. The van der Waals surface area contributed by atoms with E-state index in [0.29, 0.717) is 6.42 Å². The molecule has 0 spiro atoms. The second kappa shape index (κ2) is 8.18. The van der Waals surface area contributed by atoms with Crippen LogP contribution in [0.2, 0.25) is 5.02 Å². The van der Waals surface area contributed by atoms with Gasteiger partial charge < -0.3 is 10.2 Å². The molecule has 1 amide bonds. The molecule has 4 heteroatoms. The lowest BCUT2D eigenvalue weighted by atomic mass is 10.0. The van der Waals surface area contributed by atoms with E-state index < -0.39 is 0 Å². The fraction of sp³-hybridized carbons (Fsp3) is 0.533. The molecular formula is C15H23ClN2O. The van der Waals surface area contributed by atoms with Crippen LogP contribution in [0.3, 0.4) is 0 Å². The number of hydrogen-bond acceptors (Lipinski definition) is 2. The van der Waals surface area contributed by atoms with Crippen LogP contribution < -0.4 is 5.32 Å². The molecule has 1 aromatic rings. The van der Waals surface area contributed by atoms with Gasteiger partial charge in [-0.3, -0.25) is 4.79 Å². The molecule has 0 aliphatic rings. The van der Waals surface area contributed by atoms with Crippen LogP contribution in [0.25, 0.3) is 0 Å². The number of hydrogen-bond donors (Lipinski definition) is 1. The second-order valence-electron chi connectivity index (χ2n) is 5.01. The first-order valence-electron chi connectivity index (χ1n) is 6.72. The summed E-state index contributed by atoms with van der Waals surface area (Å²) in [4.78, 5) is 13.9. The van der Waals surface area contributed by atoms with Gasteiger partial charge in [0.1, 0.15) is 0 Å². The Morgan fingerprint density at radius 2 is 1.95 bits per heavy atom. The van der Waals surface area contributed by atoms with Crippen LogP contribution in [0.1, 0.15) is 37.8 Å². The minimum absolute atomic E-state index is 0.0544. The van der Waals surface area contributed by atoms with E-state index in [0.717, 1.165) is 30.0 Å². The number of halogens is 1. The molecule has 0 aliphatic carbocycles. The molecule has 0 aliphatic heterocycles. The third-order valence-corrected chi connectivity index (χ3v) is 3.20. The third kappa shape index (κ3) is 6.08. The average Bonchev–Trinajstić information content (AvgIpc) is 2.35. The molecule has 0 heterocycles. The number of nitrogens with zero attached hydrogens (tertiary/aromatic N) is 1. The van der Waals surface area contributed by atoms with Gasteiger partial charge in [-0.15, -0.1) is 0 Å². The molecule has 0 fully saturated rings. The second-order valence-corrected chi connectivity index (χ2v) is 5.45. The van der Waals surface area contributed by atoms with Gasteiger partial charge in [0, 0.05) is 11.4 Å². The molecule has 1 aromatic carbocycles. The molecule has 1 N–H and O–H groups in total. The van der Waals surface area contributed by atoms with Gasteiger partial charge in [0.2, 0.25) is 5.91 Å². The summed E-state index contributed by atoms with van der Waals surface area (Å²) >= 11 is 5.90. The Hall–Kier alpha value is -1.06. The first-order chi connectivity index (χ1) is 9.02. The van der Waals surface area contributed by atoms with Crippen molar-refractivity contribution in [3.05, 3.63) is 34.9 Å². The van der Waals surface area contributed by atoms with Crippen LogP contribution in [-0.4, -0.2) is 31.4 Å². The van der Waals surface area contributed by atoms with Gasteiger partial charge >= 0.3 is 0 Å². The van der Waals surface area contributed by atoms with E-state index in [-0.39, 0.29) is 11.9 Å². The Balaban J connectivity index is 2.73. The van der Waals surface area contributed by atoms with Crippen LogP contribution >= 0.6 is 11.6 Å². The number of amides is 1. The fourth-order valence-electron chi connectivity index (χ4n) is 1.90. The molecule has 3 nitrogen and oxygen atoms in total. The summed E-state index contributed by atoms with van der Waals surface area (Å²) in [5.41, 5.74) is 1.11. The van der Waals surface area contributed by atoms with E-state index in [1.165, 1.54) is 0 Å². The zero-order valence-corrected chi connectivity index (χ0v) is 12.7. The van der Waals surface area contributed by atoms with Crippen LogP contribution in [0.15, 0.2) is 24.3 Å².